The lowest BCUT2D eigenvalue weighted by Crippen LogP contribution is -2.41. The van der Waals surface area contributed by atoms with E-state index >= 15 is 0 Å². The molecule has 0 radical (unpaired) electrons. The van der Waals surface area contributed by atoms with Crippen molar-refractivity contribution in [1.29, 1.82) is 0 Å². The predicted octanol–water partition coefficient (Wildman–Crippen LogP) is 3.06. The van der Waals surface area contributed by atoms with Gasteiger partial charge in [-0.1, -0.05) is 13.8 Å². The zero-order valence-corrected chi connectivity index (χ0v) is 11.9. The van der Waals surface area contributed by atoms with Crippen LogP contribution >= 0.6 is 0 Å². The third-order valence-electron chi connectivity index (χ3n) is 3.35. The second-order valence-electron chi connectivity index (χ2n) is 5.02. The molecule has 0 aromatic carbocycles. The van der Waals surface area contributed by atoms with E-state index in [1.165, 1.54) is 6.20 Å². The summed E-state index contributed by atoms with van der Waals surface area (Å²) in [4.78, 5) is 10.1. The van der Waals surface area contributed by atoms with Gasteiger partial charge in [0.2, 0.25) is 5.95 Å². The Hall–Kier alpha value is -1.39. The van der Waals surface area contributed by atoms with E-state index in [1.54, 1.807) is 0 Å². The second kappa shape index (κ2) is 5.98. The minimum Gasteiger partial charge on any atom is -0.354 e. The highest BCUT2D eigenvalue weighted by molar-refractivity contribution is 5.45. The lowest BCUT2D eigenvalue weighted by molar-refractivity contribution is 0.457. The molecule has 0 unspecified atom stereocenters. The molecule has 0 saturated carbocycles. The summed E-state index contributed by atoms with van der Waals surface area (Å²) in [5.74, 6) is 0.434. The summed E-state index contributed by atoms with van der Waals surface area (Å²) < 4.78 is 13.8. The minimum absolute atomic E-state index is 0.142. The molecule has 0 aliphatic carbocycles. The van der Waals surface area contributed by atoms with E-state index in [9.17, 15) is 4.39 Å². The van der Waals surface area contributed by atoms with Crippen LogP contribution in [0.3, 0.4) is 0 Å². The summed E-state index contributed by atoms with van der Waals surface area (Å²) in [6.07, 6.45) is 3.11. The van der Waals surface area contributed by atoms with E-state index in [0.29, 0.717) is 11.8 Å². The van der Waals surface area contributed by atoms with Crippen molar-refractivity contribution >= 4 is 11.8 Å². The summed E-state index contributed by atoms with van der Waals surface area (Å²) in [5, 5.41) is 3.07. The first kappa shape index (κ1) is 14.7. The van der Waals surface area contributed by atoms with Gasteiger partial charge in [-0.25, -0.2) is 9.37 Å². The molecule has 1 N–H and O–H groups in total. The zero-order chi connectivity index (χ0) is 13.8. The first-order chi connectivity index (χ1) is 8.42. The van der Waals surface area contributed by atoms with Gasteiger partial charge in [-0.15, -0.1) is 0 Å². The summed E-state index contributed by atoms with van der Waals surface area (Å²) in [6.45, 7) is 9.04. The average Bonchev–Trinajstić information content (AvgIpc) is 2.37. The monoisotopic (exact) mass is 254 g/mol. The molecule has 4 nitrogen and oxygen atoms in total. The topological polar surface area (TPSA) is 41.1 Å². The SMILES string of the molecule is CCCNc1ncc(F)c(N(C)C(C)(C)CC)n1. The van der Waals surface area contributed by atoms with Gasteiger partial charge < -0.3 is 10.2 Å². The predicted molar refractivity (Wildman–Crippen MR) is 73.5 cm³/mol. The van der Waals surface area contributed by atoms with Crippen molar-refractivity contribution in [2.24, 2.45) is 0 Å². The zero-order valence-electron chi connectivity index (χ0n) is 11.9. The van der Waals surface area contributed by atoms with Gasteiger partial charge in [-0.05, 0) is 26.7 Å². The maximum atomic E-state index is 13.8. The van der Waals surface area contributed by atoms with Gasteiger partial charge in [0.05, 0.1) is 6.20 Å². The summed E-state index contributed by atoms with van der Waals surface area (Å²) in [6, 6.07) is 0. The summed E-state index contributed by atoms with van der Waals surface area (Å²) in [7, 11) is 1.86. The Morgan fingerprint density at radius 3 is 2.61 bits per heavy atom. The van der Waals surface area contributed by atoms with Crippen LogP contribution in [0, 0.1) is 5.82 Å². The van der Waals surface area contributed by atoms with Gasteiger partial charge in [-0.3, -0.25) is 0 Å². The van der Waals surface area contributed by atoms with Crippen molar-refractivity contribution in [3.63, 3.8) is 0 Å². The van der Waals surface area contributed by atoms with Gasteiger partial charge in [0, 0.05) is 19.1 Å². The van der Waals surface area contributed by atoms with Crippen molar-refractivity contribution in [2.45, 2.75) is 46.1 Å². The highest BCUT2D eigenvalue weighted by Crippen LogP contribution is 2.25. The molecule has 18 heavy (non-hydrogen) atoms. The third-order valence-corrected chi connectivity index (χ3v) is 3.35. The number of nitrogens with zero attached hydrogens (tertiary/aromatic N) is 3. The highest BCUT2D eigenvalue weighted by Gasteiger charge is 2.25. The number of hydrogen-bond donors (Lipinski definition) is 1. The van der Waals surface area contributed by atoms with E-state index in [0.717, 1.165) is 19.4 Å². The van der Waals surface area contributed by atoms with Crippen molar-refractivity contribution in [2.75, 3.05) is 23.8 Å². The lowest BCUT2D eigenvalue weighted by atomic mass is 10.00. The van der Waals surface area contributed by atoms with E-state index in [1.807, 2.05) is 11.9 Å². The smallest absolute Gasteiger partial charge is 0.224 e. The molecule has 1 aromatic heterocycles. The van der Waals surface area contributed by atoms with Gasteiger partial charge in [-0.2, -0.15) is 4.98 Å². The van der Waals surface area contributed by atoms with Crippen LogP contribution in [0.25, 0.3) is 0 Å². The summed E-state index contributed by atoms with van der Waals surface area (Å²) >= 11 is 0. The van der Waals surface area contributed by atoms with Crippen LogP contribution in [0.2, 0.25) is 0 Å². The standard InChI is InChI=1S/C13H23FN4/c1-6-8-15-12-16-9-10(14)11(17-12)18(5)13(3,4)7-2/h9H,6-8H2,1-5H3,(H,15,16,17). The van der Waals surface area contributed by atoms with Gasteiger partial charge in [0.25, 0.3) is 0 Å². The van der Waals surface area contributed by atoms with Crippen molar-refractivity contribution in [1.82, 2.24) is 9.97 Å². The van der Waals surface area contributed by atoms with E-state index in [2.05, 4.69) is 43.0 Å². The fourth-order valence-electron chi connectivity index (χ4n) is 1.44. The number of hydrogen-bond acceptors (Lipinski definition) is 4. The van der Waals surface area contributed by atoms with Gasteiger partial charge in [0.15, 0.2) is 11.6 Å². The third kappa shape index (κ3) is 3.31. The van der Waals surface area contributed by atoms with Crippen LogP contribution in [-0.4, -0.2) is 29.1 Å². The maximum absolute atomic E-state index is 13.8. The number of rotatable bonds is 6. The first-order valence-electron chi connectivity index (χ1n) is 6.42. The molecule has 1 heterocycles. The Bertz CT molecular complexity index is 393. The molecule has 0 spiro atoms. The molecule has 5 heteroatoms. The average molecular weight is 254 g/mol. The van der Waals surface area contributed by atoms with E-state index in [4.69, 9.17) is 0 Å². The quantitative estimate of drug-likeness (QED) is 0.847. The molecule has 1 aromatic rings. The highest BCUT2D eigenvalue weighted by atomic mass is 19.1. The molecule has 0 amide bonds. The fourth-order valence-corrected chi connectivity index (χ4v) is 1.44. The minimum atomic E-state index is -0.388. The Morgan fingerprint density at radius 1 is 1.39 bits per heavy atom. The van der Waals surface area contributed by atoms with Crippen molar-refractivity contribution < 1.29 is 4.39 Å². The lowest BCUT2D eigenvalue weighted by Gasteiger charge is -2.35. The molecular weight excluding hydrogens is 231 g/mol. The molecular formula is C13H23FN4. The van der Waals surface area contributed by atoms with Gasteiger partial charge >= 0.3 is 0 Å². The Balaban J connectivity index is 3.00. The molecule has 102 valence electrons. The molecule has 0 atom stereocenters. The Kier molecular flexibility index (Phi) is 4.87. The van der Waals surface area contributed by atoms with Gasteiger partial charge in [0.1, 0.15) is 0 Å². The molecule has 0 fully saturated rings. The van der Waals surface area contributed by atoms with Crippen LogP contribution < -0.4 is 10.2 Å². The summed E-state index contributed by atoms with van der Waals surface area (Å²) in [5.41, 5.74) is -0.142. The van der Waals surface area contributed by atoms with Crippen LogP contribution in [0.1, 0.15) is 40.5 Å². The molecule has 0 bridgehead atoms. The second-order valence-corrected chi connectivity index (χ2v) is 5.02. The van der Waals surface area contributed by atoms with Crippen LogP contribution in [0.4, 0.5) is 16.2 Å². The number of aromatic nitrogens is 2. The van der Waals surface area contributed by atoms with E-state index < -0.39 is 0 Å². The fraction of sp³-hybridized carbons (Fsp3) is 0.692. The molecule has 0 aliphatic rings. The number of anilines is 2. The van der Waals surface area contributed by atoms with E-state index in [-0.39, 0.29) is 11.4 Å². The Morgan fingerprint density at radius 2 is 2.06 bits per heavy atom. The molecule has 0 aliphatic heterocycles. The molecule has 1 rings (SSSR count). The first-order valence-corrected chi connectivity index (χ1v) is 6.42. The Labute approximate surface area is 109 Å². The van der Waals surface area contributed by atoms with Crippen LogP contribution in [-0.2, 0) is 0 Å². The van der Waals surface area contributed by atoms with Crippen LogP contribution in [0.5, 0.6) is 0 Å². The van der Waals surface area contributed by atoms with Crippen molar-refractivity contribution in [3.8, 4) is 0 Å². The maximum Gasteiger partial charge on any atom is 0.224 e. The largest absolute Gasteiger partial charge is 0.354 e. The normalized spacial score (nSPS) is 11.4. The van der Waals surface area contributed by atoms with Crippen LogP contribution in [0.15, 0.2) is 6.20 Å². The molecule has 0 saturated heterocycles. The number of nitrogens with one attached hydrogen (secondary N) is 1. The van der Waals surface area contributed by atoms with Crippen molar-refractivity contribution in [3.05, 3.63) is 12.0 Å². The number of halogens is 1.